The molecule has 0 spiro atoms. The predicted molar refractivity (Wildman–Crippen MR) is 93.7 cm³/mol. The van der Waals surface area contributed by atoms with E-state index in [2.05, 4.69) is 12.1 Å². The van der Waals surface area contributed by atoms with Gasteiger partial charge in [0.15, 0.2) is 0 Å². The second-order valence-corrected chi connectivity index (χ2v) is 6.54. The van der Waals surface area contributed by atoms with Gasteiger partial charge in [0.25, 0.3) is 0 Å². The van der Waals surface area contributed by atoms with Crippen molar-refractivity contribution in [1.82, 2.24) is 0 Å². The maximum Gasteiger partial charge on any atom is 0.307 e. The van der Waals surface area contributed by atoms with Crippen molar-refractivity contribution in [2.45, 2.75) is 32.1 Å². The number of rotatable bonds is 5. The van der Waals surface area contributed by atoms with Crippen molar-refractivity contribution >= 4 is 11.8 Å². The van der Waals surface area contributed by atoms with Crippen molar-refractivity contribution in [3.05, 3.63) is 60.2 Å². The summed E-state index contributed by atoms with van der Waals surface area (Å²) in [6.07, 6.45) is 3.51. The Labute approximate surface area is 142 Å². The third-order valence-electron chi connectivity index (χ3n) is 4.94. The molecule has 0 saturated heterocycles. The zero-order valence-corrected chi connectivity index (χ0v) is 13.7. The van der Waals surface area contributed by atoms with Crippen LogP contribution >= 0.6 is 0 Å². The molecule has 0 heterocycles. The highest BCUT2D eigenvalue weighted by Crippen LogP contribution is 2.32. The molecule has 1 aliphatic rings. The fraction of sp³-hybridized carbons (Fsp3) is 0.333. The molecule has 3 nitrogen and oxygen atoms in total. The van der Waals surface area contributed by atoms with Crippen molar-refractivity contribution in [1.29, 1.82) is 0 Å². The number of ketones is 1. The lowest BCUT2D eigenvalue weighted by molar-refractivity contribution is -0.148. The molecule has 124 valence electrons. The molecule has 1 aliphatic carbocycles. The van der Waals surface area contributed by atoms with Crippen LogP contribution in [0.1, 0.15) is 31.2 Å². The predicted octanol–water partition coefficient (Wildman–Crippen LogP) is 4.36. The number of carboxylic acid groups (broad SMARTS) is 1. The Balaban J connectivity index is 1.69. The lowest BCUT2D eigenvalue weighted by Crippen LogP contribution is -2.33. The summed E-state index contributed by atoms with van der Waals surface area (Å²) in [6.45, 7) is 0. The van der Waals surface area contributed by atoms with Gasteiger partial charge in [0.05, 0.1) is 5.92 Å². The van der Waals surface area contributed by atoms with E-state index in [1.54, 1.807) is 0 Å². The van der Waals surface area contributed by atoms with Crippen LogP contribution in [0.25, 0.3) is 11.1 Å². The zero-order valence-electron chi connectivity index (χ0n) is 13.7. The lowest BCUT2D eigenvalue weighted by atomic mass is 9.76. The van der Waals surface area contributed by atoms with Crippen LogP contribution in [0.4, 0.5) is 0 Å². The Kier molecular flexibility index (Phi) is 5.09. The van der Waals surface area contributed by atoms with Gasteiger partial charge in [-0.1, -0.05) is 67.4 Å². The number of benzene rings is 2. The van der Waals surface area contributed by atoms with Crippen molar-refractivity contribution in [3.8, 4) is 11.1 Å². The number of hydrogen-bond acceptors (Lipinski definition) is 2. The summed E-state index contributed by atoms with van der Waals surface area (Å²) in [6, 6.07) is 18.1. The highest BCUT2D eigenvalue weighted by molar-refractivity contribution is 5.88. The average molecular weight is 322 g/mol. The highest BCUT2D eigenvalue weighted by atomic mass is 16.4. The Bertz CT molecular complexity index is 704. The third-order valence-corrected chi connectivity index (χ3v) is 4.94. The molecule has 2 aromatic carbocycles. The smallest absolute Gasteiger partial charge is 0.307 e. The van der Waals surface area contributed by atoms with E-state index in [1.165, 1.54) is 0 Å². The number of carbonyl (C=O) groups is 2. The van der Waals surface area contributed by atoms with Gasteiger partial charge in [-0.15, -0.1) is 0 Å². The Morgan fingerprint density at radius 3 is 2.04 bits per heavy atom. The number of hydrogen-bond donors (Lipinski definition) is 1. The monoisotopic (exact) mass is 322 g/mol. The Morgan fingerprint density at radius 1 is 0.833 bits per heavy atom. The minimum Gasteiger partial charge on any atom is -0.481 e. The SMILES string of the molecule is O=C(Cc1ccc(-c2ccccc2)cc1)[C@H]1CCCC[C@H]1C(=O)O. The van der Waals surface area contributed by atoms with Crippen molar-refractivity contribution in [2.24, 2.45) is 11.8 Å². The topological polar surface area (TPSA) is 54.4 Å². The first-order valence-corrected chi connectivity index (χ1v) is 8.55. The summed E-state index contributed by atoms with van der Waals surface area (Å²) in [5.41, 5.74) is 3.22. The molecule has 0 aliphatic heterocycles. The number of carbonyl (C=O) groups excluding carboxylic acids is 1. The first-order chi connectivity index (χ1) is 11.6. The van der Waals surface area contributed by atoms with Crippen LogP contribution < -0.4 is 0 Å². The molecule has 3 rings (SSSR count). The summed E-state index contributed by atoms with van der Waals surface area (Å²) in [7, 11) is 0. The molecule has 24 heavy (non-hydrogen) atoms. The van der Waals surface area contributed by atoms with Crippen molar-refractivity contribution in [3.63, 3.8) is 0 Å². The molecule has 1 saturated carbocycles. The van der Waals surface area contributed by atoms with E-state index >= 15 is 0 Å². The molecule has 1 fully saturated rings. The van der Waals surface area contributed by atoms with Crippen LogP contribution in [-0.2, 0) is 16.0 Å². The van der Waals surface area contributed by atoms with Gasteiger partial charge in [0.2, 0.25) is 0 Å². The molecule has 2 aromatic rings. The van der Waals surface area contributed by atoms with Gasteiger partial charge in [-0.05, 0) is 29.5 Å². The van der Waals surface area contributed by atoms with Gasteiger partial charge >= 0.3 is 5.97 Å². The highest BCUT2D eigenvalue weighted by Gasteiger charge is 2.35. The normalized spacial score (nSPS) is 20.5. The Morgan fingerprint density at radius 2 is 1.42 bits per heavy atom. The molecule has 0 unspecified atom stereocenters. The molecule has 0 radical (unpaired) electrons. The van der Waals surface area contributed by atoms with Crippen molar-refractivity contribution < 1.29 is 14.7 Å². The van der Waals surface area contributed by atoms with Crippen LogP contribution in [0.3, 0.4) is 0 Å². The molecular formula is C21H22O3. The quantitative estimate of drug-likeness (QED) is 0.890. The largest absolute Gasteiger partial charge is 0.481 e. The third kappa shape index (κ3) is 3.73. The van der Waals surface area contributed by atoms with Crippen LogP contribution in [0, 0.1) is 11.8 Å². The fourth-order valence-corrected chi connectivity index (χ4v) is 3.59. The lowest BCUT2D eigenvalue weighted by Gasteiger charge is -2.27. The fourth-order valence-electron chi connectivity index (χ4n) is 3.59. The van der Waals surface area contributed by atoms with Gasteiger partial charge < -0.3 is 5.11 Å². The zero-order chi connectivity index (χ0) is 16.9. The van der Waals surface area contributed by atoms with Gasteiger partial charge in [0, 0.05) is 12.3 Å². The van der Waals surface area contributed by atoms with Crippen LogP contribution in [0.5, 0.6) is 0 Å². The average Bonchev–Trinajstić information content (AvgIpc) is 2.63. The van der Waals surface area contributed by atoms with Gasteiger partial charge in [-0.25, -0.2) is 0 Å². The maximum absolute atomic E-state index is 12.6. The van der Waals surface area contributed by atoms with Gasteiger partial charge in [-0.3, -0.25) is 9.59 Å². The van der Waals surface area contributed by atoms with E-state index in [4.69, 9.17) is 0 Å². The minimum absolute atomic E-state index is 0.0644. The molecule has 2 atom stereocenters. The van der Waals surface area contributed by atoms with E-state index in [0.29, 0.717) is 19.3 Å². The summed E-state index contributed by atoms with van der Waals surface area (Å²) >= 11 is 0. The van der Waals surface area contributed by atoms with E-state index in [1.807, 2.05) is 42.5 Å². The van der Waals surface area contributed by atoms with Crippen molar-refractivity contribution in [2.75, 3.05) is 0 Å². The minimum atomic E-state index is -0.826. The first-order valence-electron chi connectivity index (χ1n) is 8.55. The summed E-state index contributed by atoms with van der Waals surface area (Å²) in [4.78, 5) is 23.9. The van der Waals surface area contributed by atoms with E-state index in [-0.39, 0.29) is 11.7 Å². The Hall–Kier alpha value is -2.42. The first kappa shape index (κ1) is 16.4. The van der Waals surface area contributed by atoms with E-state index < -0.39 is 11.9 Å². The van der Waals surface area contributed by atoms with Crippen LogP contribution in [-0.4, -0.2) is 16.9 Å². The number of Topliss-reactive ketones (excluding diaryl/α,β-unsaturated/α-hetero) is 1. The molecule has 1 N–H and O–H groups in total. The van der Waals surface area contributed by atoms with Gasteiger partial charge in [-0.2, -0.15) is 0 Å². The molecule has 3 heteroatoms. The van der Waals surface area contributed by atoms with Crippen LogP contribution in [0.2, 0.25) is 0 Å². The van der Waals surface area contributed by atoms with Crippen LogP contribution in [0.15, 0.2) is 54.6 Å². The molecular weight excluding hydrogens is 300 g/mol. The maximum atomic E-state index is 12.6. The second-order valence-electron chi connectivity index (χ2n) is 6.54. The van der Waals surface area contributed by atoms with E-state index in [9.17, 15) is 14.7 Å². The number of aliphatic carboxylic acids is 1. The van der Waals surface area contributed by atoms with E-state index in [0.717, 1.165) is 29.5 Å². The molecule has 0 bridgehead atoms. The second kappa shape index (κ2) is 7.43. The number of carboxylic acids is 1. The van der Waals surface area contributed by atoms with Gasteiger partial charge in [0.1, 0.15) is 5.78 Å². The summed E-state index contributed by atoms with van der Waals surface area (Å²) in [5, 5.41) is 9.33. The molecule has 0 aromatic heterocycles. The summed E-state index contributed by atoms with van der Waals surface area (Å²) < 4.78 is 0. The summed E-state index contributed by atoms with van der Waals surface area (Å²) in [5.74, 6) is -1.60. The standard InChI is InChI=1S/C21H22O3/c22-20(18-8-4-5-9-19(18)21(23)24)14-15-10-12-17(13-11-15)16-6-2-1-3-7-16/h1-3,6-7,10-13,18-19H,4-5,8-9,14H2,(H,23,24)/t18-,19+/m0/s1. The molecule has 0 amide bonds.